The van der Waals surface area contributed by atoms with Crippen molar-refractivity contribution < 1.29 is 9.64 Å². The molecular formula is C18H27N2O+. The summed E-state index contributed by atoms with van der Waals surface area (Å²) in [5.41, 5.74) is 1.61. The Morgan fingerprint density at radius 2 is 2.05 bits per heavy atom. The lowest BCUT2D eigenvalue weighted by atomic mass is 9.81. The average Bonchev–Trinajstić information content (AvgIpc) is 2.52. The molecule has 0 spiro atoms. The maximum atomic E-state index is 9.80. The summed E-state index contributed by atoms with van der Waals surface area (Å²) in [4.78, 5) is 1.58. The fourth-order valence-corrected chi connectivity index (χ4v) is 3.45. The van der Waals surface area contributed by atoms with E-state index in [2.05, 4.69) is 45.0 Å². The Morgan fingerprint density at radius 1 is 1.33 bits per heavy atom. The first-order valence-corrected chi connectivity index (χ1v) is 8.12. The summed E-state index contributed by atoms with van der Waals surface area (Å²) in [6.07, 6.45) is 1.69. The van der Waals surface area contributed by atoms with E-state index in [1.165, 1.54) is 5.56 Å². The monoisotopic (exact) mass is 287 g/mol. The van der Waals surface area contributed by atoms with Gasteiger partial charge in [0.2, 0.25) is 0 Å². The summed E-state index contributed by atoms with van der Waals surface area (Å²) in [7, 11) is 0. The number of hydrogen-bond acceptors (Lipinski definition) is 2. The minimum Gasteiger partial charge on any atom is -0.356 e. The second-order valence-electron chi connectivity index (χ2n) is 6.16. The molecule has 0 saturated heterocycles. The van der Waals surface area contributed by atoms with Crippen LogP contribution in [0.3, 0.4) is 0 Å². The van der Waals surface area contributed by atoms with Gasteiger partial charge in [-0.25, -0.2) is 0 Å². The van der Waals surface area contributed by atoms with Gasteiger partial charge in [0.15, 0.2) is 5.60 Å². The molecule has 3 heteroatoms. The molecule has 2 atom stereocenters. The molecule has 0 fully saturated rings. The largest absolute Gasteiger partial charge is 0.356 e. The van der Waals surface area contributed by atoms with Gasteiger partial charge in [-0.3, -0.25) is 0 Å². The zero-order valence-electron chi connectivity index (χ0n) is 13.5. The Hall–Kier alpha value is -1.37. The number of rotatable bonds is 6. The Bertz CT molecular complexity index is 504. The van der Waals surface area contributed by atoms with Crippen molar-refractivity contribution in [1.29, 1.82) is 5.26 Å². The standard InChI is InChI=1S/C18H26N2O/c1-4-20(5-2)13-15(3)12-18(14-19)17-9-7-6-8-16(17)10-11-21-18/h6-9,15H,4-5,10-13H2,1-3H3/p+1/t15-,18-/m1/s1. The lowest BCUT2D eigenvalue weighted by Crippen LogP contribution is -3.12. The quantitative estimate of drug-likeness (QED) is 0.868. The van der Waals surface area contributed by atoms with E-state index >= 15 is 0 Å². The van der Waals surface area contributed by atoms with Gasteiger partial charge in [-0.2, -0.15) is 5.26 Å². The van der Waals surface area contributed by atoms with E-state index in [9.17, 15) is 5.26 Å². The maximum absolute atomic E-state index is 9.80. The molecule has 0 radical (unpaired) electrons. The maximum Gasteiger partial charge on any atom is 0.180 e. The Labute approximate surface area is 128 Å². The fraction of sp³-hybridized carbons (Fsp3) is 0.611. The molecule has 3 nitrogen and oxygen atoms in total. The molecule has 1 aliphatic rings. The normalized spacial score (nSPS) is 22.6. The average molecular weight is 287 g/mol. The van der Waals surface area contributed by atoms with Crippen molar-refractivity contribution in [2.45, 2.75) is 39.2 Å². The Kier molecular flexibility index (Phi) is 5.39. The number of hydrogen-bond donors (Lipinski definition) is 1. The smallest absolute Gasteiger partial charge is 0.180 e. The van der Waals surface area contributed by atoms with Crippen molar-refractivity contribution in [1.82, 2.24) is 0 Å². The van der Waals surface area contributed by atoms with E-state index in [1.807, 2.05) is 6.07 Å². The lowest BCUT2D eigenvalue weighted by Gasteiger charge is -2.35. The number of fused-ring (bicyclic) bond motifs is 1. The summed E-state index contributed by atoms with van der Waals surface area (Å²) in [6, 6.07) is 10.7. The Balaban J connectivity index is 2.18. The van der Waals surface area contributed by atoms with Crippen LogP contribution in [0, 0.1) is 17.2 Å². The van der Waals surface area contributed by atoms with Crippen LogP contribution in [-0.2, 0) is 16.8 Å². The molecule has 0 bridgehead atoms. The predicted molar refractivity (Wildman–Crippen MR) is 84.1 cm³/mol. The van der Waals surface area contributed by atoms with Crippen LogP contribution in [-0.4, -0.2) is 26.2 Å². The lowest BCUT2D eigenvalue weighted by molar-refractivity contribution is -0.899. The third-order valence-electron chi connectivity index (χ3n) is 4.63. The zero-order chi connectivity index (χ0) is 15.3. The highest BCUT2D eigenvalue weighted by Gasteiger charge is 2.39. The molecule has 1 N–H and O–H groups in total. The second kappa shape index (κ2) is 7.06. The predicted octanol–water partition coefficient (Wildman–Crippen LogP) is 1.93. The van der Waals surface area contributed by atoms with E-state index in [0.29, 0.717) is 12.5 Å². The molecule has 2 rings (SSSR count). The van der Waals surface area contributed by atoms with Crippen molar-refractivity contribution in [2.24, 2.45) is 5.92 Å². The second-order valence-corrected chi connectivity index (χ2v) is 6.16. The highest BCUT2D eigenvalue weighted by atomic mass is 16.5. The third kappa shape index (κ3) is 3.45. The molecule has 1 aromatic rings. The van der Waals surface area contributed by atoms with Crippen molar-refractivity contribution in [2.75, 3.05) is 26.2 Å². The number of nitriles is 1. The van der Waals surface area contributed by atoms with E-state index in [-0.39, 0.29) is 0 Å². The van der Waals surface area contributed by atoms with Gasteiger partial charge >= 0.3 is 0 Å². The number of quaternary nitrogens is 1. The van der Waals surface area contributed by atoms with Crippen LogP contribution in [0.4, 0.5) is 0 Å². The van der Waals surface area contributed by atoms with Gasteiger partial charge in [0.1, 0.15) is 6.07 Å². The highest BCUT2D eigenvalue weighted by Crippen LogP contribution is 2.37. The van der Waals surface area contributed by atoms with Crippen molar-refractivity contribution in [3.63, 3.8) is 0 Å². The molecule has 0 aromatic heterocycles. The molecule has 114 valence electrons. The molecule has 0 saturated carbocycles. The molecule has 1 aliphatic heterocycles. The summed E-state index contributed by atoms with van der Waals surface area (Å²) in [6.45, 7) is 10.7. The Morgan fingerprint density at radius 3 is 2.71 bits per heavy atom. The van der Waals surface area contributed by atoms with Gasteiger partial charge in [0, 0.05) is 17.9 Å². The topological polar surface area (TPSA) is 37.5 Å². The van der Waals surface area contributed by atoms with E-state index in [1.54, 1.807) is 4.90 Å². The van der Waals surface area contributed by atoms with Crippen LogP contribution >= 0.6 is 0 Å². The van der Waals surface area contributed by atoms with Gasteiger partial charge in [-0.15, -0.1) is 0 Å². The summed E-state index contributed by atoms with van der Waals surface area (Å²) in [5.74, 6) is 0.464. The summed E-state index contributed by atoms with van der Waals surface area (Å²) >= 11 is 0. The summed E-state index contributed by atoms with van der Waals surface area (Å²) < 4.78 is 5.99. The number of ether oxygens (including phenoxy) is 1. The van der Waals surface area contributed by atoms with Crippen LogP contribution in [0.15, 0.2) is 24.3 Å². The number of nitrogens with zero attached hydrogens (tertiary/aromatic N) is 1. The first-order chi connectivity index (χ1) is 10.1. The van der Waals surface area contributed by atoms with Gasteiger partial charge in [0.05, 0.1) is 26.2 Å². The van der Waals surface area contributed by atoms with Gasteiger partial charge in [-0.05, 0) is 25.8 Å². The first kappa shape index (κ1) is 16.0. The molecule has 0 amide bonds. The van der Waals surface area contributed by atoms with Gasteiger partial charge in [0.25, 0.3) is 0 Å². The van der Waals surface area contributed by atoms with Crippen LogP contribution in [0.1, 0.15) is 38.3 Å². The third-order valence-corrected chi connectivity index (χ3v) is 4.63. The molecular weight excluding hydrogens is 260 g/mol. The molecule has 21 heavy (non-hydrogen) atoms. The van der Waals surface area contributed by atoms with Crippen LogP contribution in [0.5, 0.6) is 0 Å². The number of benzene rings is 1. The van der Waals surface area contributed by atoms with Crippen LogP contribution < -0.4 is 4.90 Å². The van der Waals surface area contributed by atoms with E-state index in [0.717, 1.165) is 38.0 Å². The first-order valence-electron chi connectivity index (χ1n) is 8.12. The SMILES string of the molecule is CC[NH+](CC)C[C@H](C)C[C@]1(C#N)OCCc2ccccc21. The minimum absolute atomic E-state index is 0.464. The molecule has 0 unspecified atom stereocenters. The van der Waals surface area contributed by atoms with Crippen LogP contribution in [0.2, 0.25) is 0 Å². The highest BCUT2D eigenvalue weighted by molar-refractivity contribution is 5.38. The van der Waals surface area contributed by atoms with Crippen molar-refractivity contribution in [3.05, 3.63) is 35.4 Å². The van der Waals surface area contributed by atoms with Gasteiger partial charge < -0.3 is 9.64 Å². The fourth-order valence-electron chi connectivity index (χ4n) is 3.45. The number of nitrogens with one attached hydrogen (secondary N) is 1. The minimum atomic E-state index is -0.749. The molecule has 0 aliphatic carbocycles. The molecule has 1 heterocycles. The van der Waals surface area contributed by atoms with Crippen LogP contribution in [0.25, 0.3) is 0 Å². The molecule has 1 aromatic carbocycles. The summed E-state index contributed by atoms with van der Waals surface area (Å²) in [5, 5.41) is 9.80. The van der Waals surface area contributed by atoms with E-state index < -0.39 is 5.60 Å². The zero-order valence-corrected chi connectivity index (χ0v) is 13.5. The van der Waals surface area contributed by atoms with E-state index in [4.69, 9.17) is 4.74 Å². The van der Waals surface area contributed by atoms with Crippen molar-refractivity contribution >= 4 is 0 Å². The van der Waals surface area contributed by atoms with Gasteiger partial charge in [-0.1, -0.05) is 31.2 Å². The van der Waals surface area contributed by atoms with Crippen molar-refractivity contribution in [3.8, 4) is 6.07 Å².